The summed E-state index contributed by atoms with van der Waals surface area (Å²) >= 11 is 0. The SMILES string of the molecule is CCc1c(C)c(C2=CC=CC2)c2c(c1CC)-c1c(CC)c(=C(c3ccccc3)c3ccccc3)c(C)cc1=[C]2. The second-order valence-corrected chi connectivity index (χ2v) is 10.8. The zero-order chi connectivity index (χ0) is 27.1. The van der Waals surface area contributed by atoms with Crippen LogP contribution in [0.5, 0.6) is 0 Å². The Balaban J connectivity index is 1.80. The summed E-state index contributed by atoms with van der Waals surface area (Å²) in [5, 5.41) is 2.64. The first-order chi connectivity index (χ1) is 19.1. The molecule has 0 aliphatic heterocycles. The highest BCUT2D eigenvalue weighted by Gasteiger charge is 2.28. The third kappa shape index (κ3) is 4.05. The highest BCUT2D eigenvalue weighted by molar-refractivity contribution is 5.96. The molecule has 0 heterocycles. The van der Waals surface area contributed by atoms with Gasteiger partial charge in [-0.1, -0.05) is 106 Å². The minimum Gasteiger partial charge on any atom is -0.0801 e. The summed E-state index contributed by atoms with van der Waals surface area (Å²) in [6.07, 6.45) is 14.8. The number of benzene rings is 4. The lowest BCUT2D eigenvalue weighted by atomic mass is 9.80. The van der Waals surface area contributed by atoms with Crippen molar-refractivity contribution in [3.8, 4) is 11.1 Å². The Bertz CT molecular complexity index is 1720. The van der Waals surface area contributed by atoms with Crippen LogP contribution in [0, 0.1) is 13.8 Å². The number of allylic oxidation sites excluding steroid dienone is 4. The molecule has 2 aliphatic carbocycles. The third-order valence-corrected chi connectivity index (χ3v) is 8.66. The van der Waals surface area contributed by atoms with Crippen molar-refractivity contribution in [3.05, 3.63) is 145 Å². The maximum Gasteiger partial charge on any atom is -0.000711 e. The maximum absolute atomic E-state index is 3.97. The summed E-state index contributed by atoms with van der Waals surface area (Å²) in [7, 11) is 0. The van der Waals surface area contributed by atoms with E-state index in [1.54, 1.807) is 0 Å². The lowest BCUT2D eigenvalue weighted by molar-refractivity contribution is 1.01. The topological polar surface area (TPSA) is 0 Å². The molecule has 0 amide bonds. The number of aryl methyl sites for hydroxylation is 1. The Morgan fingerprint density at radius 1 is 0.718 bits per heavy atom. The maximum atomic E-state index is 3.97. The van der Waals surface area contributed by atoms with Crippen LogP contribution in [0.25, 0.3) is 28.3 Å². The summed E-state index contributed by atoms with van der Waals surface area (Å²) in [6.45, 7) is 11.6. The summed E-state index contributed by atoms with van der Waals surface area (Å²) in [4.78, 5) is 0. The smallest absolute Gasteiger partial charge is 0.000711 e. The fraction of sp³-hybridized carbons (Fsp3) is 0.231. The van der Waals surface area contributed by atoms with E-state index in [-0.39, 0.29) is 0 Å². The average molecular weight is 506 g/mol. The minimum absolute atomic E-state index is 0.974. The van der Waals surface area contributed by atoms with Crippen LogP contribution in [0.4, 0.5) is 0 Å². The van der Waals surface area contributed by atoms with E-state index in [0.717, 1.165) is 25.7 Å². The largest absolute Gasteiger partial charge is 0.0801 e. The van der Waals surface area contributed by atoms with Crippen LogP contribution in [0.1, 0.15) is 77.3 Å². The molecule has 1 radical (unpaired) electrons. The summed E-state index contributed by atoms with van der Waals surface area (Å²) < 4.78 is 0. The molecule has 6 rings (SSSR count). The van der Waals surface area contributed by atoms with Crippen molar-refractivity contribution in [2.24, 2.45) is 0 Å². The molecule has 0 nitrogen and oxygen atoms in total. The summed E-state index contributed by atoms with van der Waals surface area (Å²) in [5.74, 6) is 0. The van der Waals surface area contributed by atoms with Gasteiger partial charge in [-0.3, -0.25) is 0 Å². The van der Waals surface area contributed by atoms with Crippen LogP contribution >= 0.6 is 0 Å². The van der Waals surface area contributed by atoms with Gasteiger partial charge in [0.1, 0.15) is 0 Å². The molecule has 0 atom stereocenters. The minimum atomic E-state index is 0.974. The van der Waals surface area contributed by atoms with E-state index in [9.17, 15) is 0 Å². The molecule has 0 spiro atoms. The third-order valence-electron chi connectivity index (χ3n) is 8.66. The van der Waals surface area contributed by atoms with Crippen molar-refractivity contribution in [2.45, 2.75) is 60.3 Å². The van der Waals surface area contributed by atoms with Crippen molar-refractivity contribution >= 4 is 17.2 Å². The van der Waals surface area contributed by atoms with E-state index >= 15 is 0 Å². The van der Waals surface area contributed by atoms with Crippen LogP contribution in [-0.2, 0) is 19.3 Å². The first-order valence-electron chi connectivity index (χ1n) is 14.5. The molecule has 2 aliphatic rings. The molecule has 0 fully saturated rings. The molecule has 0 heteroatoms. The summed E-state index contributed by atoms with van der Waals surface area (Å²) in [5.41, 5.74) is 18.1. The van der Waals surface area contributed by atoms with Crippen LogP contribution in [0.15, 0.2) is 85.0 Å². The molecule has 4 aromatic carbocycles. The van der Waals surface area contributed by atoms with Crippen LogP contribution in [0.3, 0.4) is 0 Å². The van der Waals surface area contributed by atoms with E-state index in [4.69, 9.17) is 0 Å². The van der Waals surface area contributed by atoms with E-state index in [1.165, 1.54) is 82.8 Å². The molecular formula is C39H37. The van der Waals surface area contributed by atoms with Crippen molar-refractivity contribution in [2.75, 3.05) is 0 Å². The molecule has 0 bridgehead atoms. The predicted octanol–water partition coefficient (Wildman–Crippen LogP) is 8.27. The van der Waals surface area contributed by atoms with Crippen molar-refractivity contribution in [1.82, 2.24) is 0 Å². The van der Waals surface area contributed by atoms with Crippen LogP contribution < -0.4 is 10.4 Å². The lowest BCUT2D eigenvalue weighted by Crippen LogP contribution is -2.24. The first kappa shape index (κ1) is 25.4. The van der Waals surface area contributed by atoms with E-state index in [1.807, 2.05) is 0 Å². The average Bonchev–Trinajstić information content (AvgIpc) is 3.62. The van der Waals surface area contributed by atoms with Gasteiger partial charge in [0.25, 0.3) is 0 Å². The molecule has 4 aromatic rings. The number of fused-ring (bicyclic) bond motifs is 3. The predicted molar refractivity (Wildman–Crippen MR) is 167 cm³/mol. The van der Waals surface area contributed by atoms with Gasteiger partial charge in [-0.25, -0.2) is 0 Å². The van der Waals surface area contributed by atoms with Crippen molar-refractivity contribution in [1.29, 1.82) is 0 Å². The second kappa shape index (κ2) is 10.3. The molecule has 0 saturated carbocycles. The van der Waals surface area contributed by atoms with Crippen LogP contribution in [0.2, 0.25) is 0 Å². The second-order valence-electron chi connectivity index (χ2n) is 10.8. The molecule has 0 aromatic heterocycles. The van der Waals surface area contributed by atoms with Gasteiger partial charge in [-0.15, -0.1) is 0 Å². The monoisotopic (exact) mass is 505 g/mol. The van der Waals surface area contributed by atoms with Crippen molar-refractivity contribution in [3.63, 3.8) is 0 Å². The quantitative estimate of drug-likeness (QED) is 0.218. The van der Waals surface area contributed by atoms with E-state index in [0.29, 0.717) is 0 Å². The summed E-state index contributed by atoms with van der Waals surface area (Å²) in [6, 6.07) is 24.3. The molecule has 0 N–H and O–H groups in total. The normalized spacial score (nSPS) is 13.2. The van der Waals surface area contributed by atoms with Gasteiger partial charge in [0.05, 0.1) is 0 Å². The zero-order valence-electron chi connectivity index (χ0n) is 23.9. The van der Waals surface area contributed by atoms with Crippen LogP contribution in [-0.4, -0.2) is 0 Å². The van der Waals surface area contributed by atoms with Gasteiger partial charge in [-0.05, 0) is 128 Å². The fourth-order valence-corrected chi connectivity index (χ4v) is 7.07. The van der Waals surface area contributed by atoms with Gasteiger partial charge < -0.3 is 0 Å². The molecular weight excluding hydrogens is 468 g/mol. The van der Waals surface area contributed by atoms with Crippen molar-refractivity contribution < 1.29 is 0 Å². The molecule has 39 heavy (non-hydrogen) atoms. The Kier molecular flexibility index (Phi) is 6.73. The zero-order valence-corrected chi connectivity index (χ0v) is 23.9. The van der Waals surface area contributed by atoms with Gasteiger partial charge in [0, 0.05) is 0 Å². The number of hydrogen-bond donors (Lipinski definition) is 0. The van der Waals surface area contributed by atoms with Gasteiger partial charge >= 0.3 is 0 Å². The highest BCUT2D eigenvalue weighted by atomic mass is 14.3. The van der Waals surface area contributed by atoms with E-state index in [2.05, 4.69) is 126 Å². The highest BCUT2D eigenvalue weighted by Crippen LogP contribution is 2.43. The first-order valence-corrected chi connectivity index (χ1v) is 14.5. The number of hydrogen-bond acceptors (Lipinski definition) is 0. The Hall–Kier alpha value is -3.90. The van der Waals surface area contributed by atoms with Gasteiger partial charge in [0.2, 0.25) is 0 Å². The Labute approximate surface area is 233 Å². The molecule has 0 saturated heterocycles. The molecule has 193 valence electrons. The van der Waals surface area contributed by atoms with Gasteiger partial charge in [0.15, 0.2) is 0 Å². The lowest BCUT2D eigenvalue weighted by Gasteiger charge is -2.24. The van der Waals surface area contributed by atoms with E-state index < -0.39 is 0 Å². The fourth-order valence-electron chi connectivity index (χ4n) is 7.07. The standard InChI is InChI=1S/C39H37/c1-6-31-26(5)36(27-21-15-16-22-27)34-24-30-23-25(4)35(33(8-3)38(30)39(34)32(31)7-2)37(28-17-11-9-12-18-28)29-19-13-10-14-20-29/h9-21,23H,6-8,22H2,1-5H3. The molecule has 0 unspecified atom stereocenters. The number of rotatable bonds is 6. The Morgan fingerprint density at radius 3 is 1.87 bits per heavy atom. The van der Waals surface area contributed by atoms with Gasteiger partial charge in [-0.2, -0.15) is 0 Å². The Morgan fingerprint density at radius 2 is 1.33 bits per heavy atom.